The number of ether oxygens (including phenoxy) is 1. The molecule has 0 saturated carbocycles. The average Bonchev–Trinajstić information content (AvgIpc) is 3.20. The SMILES string of the molecule is COc1cc(O)c(-c2nnc(N[C@@H]3CCCN(CCO)C3)n3cccc23)c(F)c1. The molecule has 0 radical (unpaired) electrons. The number of β-amino-alcohol motifs (C(OH)–C–C–N with tert-alkyl or cyclic N) is 1. The van der Waals surface area contributed by atoms with Gasteiger partial charge in [0, 0.05) is 37.5 Å². The number of benzene rings is 1. The third kappa shape index (κ3) is 3.83. The van der Waals surface area contributed by atoms with Crippen LogP contribution in [0.3, 0.4) is 0 Å². The lowest BCUT2D eigenvalue weighted by atomic mass is 10.1. The van der Waals surface area contributed by atoms with Gasteiger partial charge in [0.25, 0.3) is 0 Å². The number of rotatable bonds is 6. The Labute approximate surface area is 167 Å². The zero-order chi connectivity index (χ0) is 20.4. The summed E-state index contributed by atoms with van der Waals surface area (Å²) in [6, 6.07) is 6.36. The van der Waals surface area contributed by atoms with Gasteiger partial charge in [-0.25, -0.2) is 4.39 Å². The summed E-state index contributed by atoms with van der Waals surface area (Å²) in [5.41, 5.74) is 0.869. The number of piperidine rings is 1. The molecular weight excluding hydrogens is 377 g/mol. The number of aromatic hydroxyl groups is 1. The van der Waals surface area contributed by atoms with Crippen LogP contribution >= 0.6 is 0 Å². The molecular formula is C20H24FN5O3. The lowest BCUT2D eigenvalue weighted by Gasteiger charge is -2.32. The van der Waals surface area contributed by atoms with Crippen molar-refractivity contribution in [1.82, 2.24) is 19.5 Å². The van der Waals surface area contributed by atoms with Crippen molar-refractivity contribution in [3.63, 3.8) is 0 Å². The Bertz CT molecular complexity index is 984. The maximum atomic E-state index is 14.6. The number of nitrogens with one attached hydrogen (secondary N) is 1. The van der Waals surface area contributed by atoms with Gasteiger partial charge < -0.3 is 20.3 Å². The topological polar surface area (TPSA) is 95.1 Å². The number of nitrogens with zero attached hydrogens (tertiary/aromatic N) is 4. The number of hydrogen-bond acceptors (Lipinski definition) is 7. The number of hydrogen-bond donors (Lipinski definition) is 3. The van der Waals surface area contributed by atoms with E-state index in [9.17, 15) is 14.6 Å². The van der Waals surface area contributed by atoms with Crippen LogP contribution in [0.2, 0.25) is 0 Å². The Morgan fingerprint density at radius 1 is 1.34 bits per heavy atom. The Balaban J connectivity index is 1.67. The van der Waals surface area contributed by atoms with Crippen molar-refractivity contribution >= 4 is 11.5 Å². The molecule has 0 spiro atoms. The van der Waals surface area contributed by atoms with Crippen LogP contribution in [0.25, 0.3) is 16.8 Å². The van der Waals surface area contributed by atoms with Crippen molar-refractivity contribution in [3.05, 3.63) is 36.3 Å². The van der Waals surface area contributed by atoms with Gasteiger partial charge >= 0.3 is 0 Å². The van der Waals surface area contributed by atoms with Crippen molar-refractivity contribution in [3.8, 4) is 22.8 Å². The largest absolute Gasteiger partial charge is 0.507 e. The van der Waals surface area contributed by atoms with Crippen molar-refractivity contribution < 1.29 is 19.3 Å². The standard InChI is InChI=1S/C20H24FN5O3/c1-29-14-10-15(21)18(17(28)11-14)19-16-5-3-7-26(16)20(24-23-19)22-13-4-2-6-25(12-13)8-9-27/h3,5,7,10-11,13,27-28H,2,4,6,8-9,12H2,1H3,(H,22,24)/t13-/m1/s1. The van der Waals surface area contributed by atoms with Gasteiger partial charge in [0.1, 0.15) is 23.0 Å². The highest BCUT2D eigenvalue weighted by Crippen LogP contribution is 2.36. The van der Waals surface area contributed by atoms with Crippen LogP contribution in [0.4, 0.5) is 10.3 Å². The third-order valence-corrected chi connectivity index (χ3v) is 5.23. The molecule has 3 aromatic rings. The third-order valence-electron chi connectivity index (χ3n) is 5.23. The highest BCUT2D eigenvalue weighted by Gasteiger charge is 2.23. The van der Waals surface area contributed by atoms with E-state index in [1.807, 2.05) is 12.3 Å². The molecule has 1 fully saturated rings. The zero-order valence-corrected chi connectivity index (χ0v) is 16.2. The molecule has 1 aromatic carbocycles. The molecule has 9 heteroatoms. The Hall–Kier alpha value is -2.91. The van der Waals surface area contributed by atoms with Crippen LogP contribution in [-0.2, 0) is 0 Å². The van der Waals surface area contributed by atoms with E-state index in [0.29, 0.717) is 18.0 Å². The Kier molecular flexibility index (Phi) is 5.50. The molecule has 0 amide bonds. The molecule has 154 valence electrons. The molecule has 3 N–H and O–H groups in total. The van der Waals surface area contributed by atoms with Crippen LogP contribution < -0.4 is 10.1 Å². The second kappa shape index (κ2) is 8.22. The highest BCUT2D eigenvalue weighted by atomic mass is 19.1. The first-order valence-corrected chi connectivity index (χ1v) is 9.61. The van der Waals surface area contributed by atoms with Crippen molar-refractivity contribution in [2.75, 3.05) is 38.7 Å². The summed E-state index contributed by atoms with van der Waals surface area (Å²) in [5.74, 6) is -0.108. The summed E-state index contributed by atoms with van der Waals surface area (Å²) in [6.07, 6.45) is 3.84. The summed E-state index contributed by atoms with van der Waals surface area (Å²) in [7, 11) is 1.41. The fourth-order valence-electron chi connectivity index (χ4n) is 3.85. The second-order valence-electron chi connectivity index (χ2n) is 7.15. The zero-order valence-electron chi connectivity index (χ0n) is 16.2. The van der Waals surface area contributed by atoms with E-state index in [2.05, 4.69) is 20.4 Å². The van der Waals surface area contributed by atoms with Crippen molar-refractivity contribution in [1.29, 1.82) is 0 Å². The summed E-state index contributed by atoms with van der Waals surface area (Å²) < 4.78 is 21.4. The van der Waals surface area contributed by atoms with Gasteiger partial charge in [-0.3, -0.25) is 9.30 Å². The number of phenols is 1. The average molecular weight is 401 g/mol. The number of fused-ring (bicyclic) bond motifs is 1. The first-order chi connectivity index (χ1) is 14.1. The molecule has 1 saturated heterocycles. The van der Waals surface area contributed by atoms with Gasteiger partial charge in [0.2, 0.25) is 5.95 Å². The van der Waals surface area contributed by atoms with Crippen LogP contribution in [0.1, 0.15) is 12.8 Å². The van der Waals surface area contributed by atoms with Crippen molar-refractivity contribution in [2.24, 2.45) is 0 Å². The molecule has 1 atom stereocenters. The number of phenolic OH excluding ortho intramolecular Hbond substituents is 1. The molecule has 2 aromatic heterocycles. The van der Waals surface area contributed by atoms with Gasteiger partial charge in [-0.2, -0.15) is 0 Å². The van der Waals surface area contributed by atoms with E-state index in [1.54, 1.807) is 10.5 Å². The fraction of sp³-hybridized carbons (Fsp3) is 0.400. The van der Waals surface area contributed by atoms with Crippen LogP contribution in [-0.4, -0.2) is 69.1 Å². The minimum atomic E-state index is -0.633. The fourth-order valence-corrected chi connectivity index (χ4v) is 3.85. The summed E-state index contributed by atoms with van der Waals surface area (Å²) in [6.45, 7) is 2.57. The molecule has 29 heavy (non-hydrogen) atoms. The van der Waals surface area contributed by atoms with Crippen molar-refractivity contribution in [2.45, 2.75) is 18.9 Å². The lowest BCUT2D eigenvalue weighted by Crippen LogP contribution is -2.43. The van der Waals surface area contributed by atoms with Crippen LogP contribution in [0.15, 0.2) is 30.5 Å². The van der Waals surface area contributed by atoms with E-state index in [0.717, 1.165) is 25.9 Å². The lowest BCUT2D eigenvalue weighted by molar-refractivity contribution is 0.166. The molecule has 8 nitrogen and oxygen atoms in total. The maximum absolute atomic E-state index is 14.6. The van der Waals surface area contributed by atoms with E-state index in [-0.39, 0.29) is 35.4 Å². The number of aliphatic hydroxyl groups is 1. The molecule has 4 rings (SSSR count). The number of methoxy groups -OCH3 is 1. The smallest absolute Gasteiger partial charge is 0.228 e. The van der Waals surface area contributed by atoms with Gasteiger partial charge in [-0.05, 0) is 31.5 Å². The van der Waals surface area contributed by atoms with E-state index in [1.165, 1.54) is 19.2 Å². The minimum Gasteiger partial charge on any atom is -0.507 e. The summed E-state index contributed by atoms with van der Waals surface area (Å²) in [5, 5.41) is 31.4. The van der Waals surface area contributed by atoms with Gasteiger partial charge in [-0.15, -0.1) is 10.2 Å². The van der Waals surface area contributed by atoms with Crippen LogP contribution in [0, 0.1) is 5.82 Å². The Morgan fingerprint density at radius 2 is 2.21 bits per heavy atom. The first kappa shape index (κ1) is 19.4. The minimum absolute atomic E-state index is 0.0136. The summed E-state index contributed by atoms with van der Waals surface area (Å²) >= 11 is 0. The normalized spacial score (nSPS) is 17.6. The molecule has 0 unspecified atom stereocenters. The Morgan fingerprint density at radius 3 is 2.97 bits per heavy atom. The maximum Gasteiger partial charge on any atom is 0.228 e. The second-order valence-corrected chi connectivity index (χ2v) is 7.15. The number of halogens is 1. The van der Waals surface area contributed by atoms with E-state index >= 15 is 0 Å². The van der Waals surface area contributed by atoms with E-state index in [4.69, 9.17) is 4.74 Å². The number of likely N-dealkylation sites (tertiary alicyclic amines) is 1. The predicted octanol–water partition coefficient (Wildman–Crippen LogP) is 2.12. The van der Waals surface area contributed by atoms with Gasteiger partial charge in [-0.1, -0.05) is 0 Å². The number of aliphatic hydroxyl groups excluding tert-OH is 1. The number of aromatic nitrogens is 3. The van der Waals surface area contributed by atoms with E-state index < -0.39 is 5.82 Å². The first-order valence-electron chi connectivity index (χ1n) is 9.61. The molecule has 1 aliphatic rings. The van der Waals surface area contributed by atoms with Gasteiger partial charge in [0.05, 0.1) is 24.8 Å². The molecule has 0 aliphatic carbocycles. The van der Waals surface area contributed by atoms with Gasteiger partial charge in [0.15, 0.2) is 0 Å². The molecule has 3 heterocycles. The molecule has 0 bridgehead atoms. The monoisotopic (exact) mass is 401 g/mol. The number of anilines is 1. The highest BCUT2D eigenvalue weighted by molar-refractivity contribution is 5.82. The predicted molar refractivity (Wildman–Crippen MR) is 107 cm³/mol. The summed E-state index contributed by atoms with van der Waals surface area (Å²) in [4.78, 5) is 2.21. The molecule has 1 aliphatic heterocycles. The van der Waals surface area contributed by atoms with Crippen LogP contribution in [0.5, 0.6) is 11.5 Å². The quantitative estimate of drug-likeness (QED) is 0.582.